The Morgan fingerprint density at radius 3 is 2.70 bits per heavy atom. The van der Waals surface area contributed by atoms with Gasteiger partial charge in [0.2, 0.25) is 5.91 Å². The number of amides is 1. The summed E-state index contributed by atoms with van der Waals surface area (Å²) in [5.74, 6) is 2.17. The van der Waals surface area contributed by atoms with E-state index in [4.69, 9.17) is 19.3 Å². The molecule has 2 aromatic heterocycles. The van der Waals surface area contributed by atoms with Gasteiger partial charge in [0.1, 0.15) is 18.2 Å². The van der Waals surface area contributed by atoms with Crippen LogP contribution >= 0.6 is 0 Å². The van der Waals surface area contributed by atoms with Crippen molar-refractivity contribution in [2.24, 2.45) is 0 Å². The average molecular weight is 499 g/mol. The zero-order valence-electron chi connectivity index (χ0n) is 20.8. The van der Waals surface area contributed by atoms with Gasteiger partial charge in [-0.1, -0.05) is 24.8 Å². The number of hydrogen-bond donors (Lipinski definition) is 1. The molecule has 0 aliphatic carbocycles. The maximum absolute atomic E-state index is 12.9. The number of ether oxygens (including phenoxy) is 3. The summed E-state index contributed by atoms with van der Waals surface area (Å²) in [7, 11) is 3.20. The van der Waals surface area contributed by atoms with Crippen molar-refractivity contribution in [3.8, 4) is 34.5 Å². The minimum absolute atomic E-state index is 0.157. The maximum atomic E-state index is 12.9. The molecule has 1 aliphatic heterocycles. The van der Waals surface area contributed by atoms with Crippen molar-refractivity contribution in [1.82, 2.24) is 25.0 Å². The molecule has 188 valence electrons. The number of aromatic nitrogens is 5. The number of nitrogens with zero attached hydrogens (tertiary/aromatic N) is 5. The Morgan fingerprint density at radius 1 is 1.16 bits per heavy atom. The van der Waals surface area contributed by atoms with Crippen LogP contribution in [0.25, 0.3) is 17.2 Å². The molecule has 1 atom stereocenters. The van der Waals surface area contributed by atoms with E-state index in [9.17, 15) is 4.79 Å². The topological polar surface area (TPSA) is 113 Å². The third-order valence-electron chi connectivity index (χ3n) is 6.18. The van der Waals surface area contributed by atoms with Gasteiger partial charge in [0, 0.05) is 29.0 Å². The van der Waals surface area contributed by atoms with Crippen LogP contribution in [0.5, 0.6) is 17.2 Å². The molecule has 4 aromatic rings. The Morgan fingerprint density at radius 2 is 1.97 bits per heavy atom. The Bertz CT molecular complexity index is 1460. The van der Waals surface area contributed by atoms with E-state index in [1.807, 2.05) is 49.4 Å². The van der Waals surface area contributed by atoms with Crippen molar-refractivity contribution in [2.45, 2.75) is 19.3 Å². The summed E-state index contributed by atoms with van der Waals surface area (Å²) in [5.41, 5.74) is 3.87. The number of anilines is 1. The monoisotopic (exact) mass is 498 g/mol. The van der Waals surface area contributed by atoms with E-state index in [-0.39, 0.29) is 24.2 Å². The van der Waals surface area contributed by atoms with E-state index < -0.39 is 0 Å². The second-order valence-electron chi connectivity index (χ2n) is 8.41. The van der Waals surface area contributed by atoms with Gasteiger partial charge in [-0.25, -0.2) is 4.98 Å². The Labute approximate surface area is 213 Å². The zero-order chi connectivity index (χ0) is 25.9. The maximum Gasteiger partial charge on any atom is 0.272 e. The van der Waals surface area contributed by atoms with Crippen molar-refractivity contribution >= 4 is 11.7 Å². The van der Waals surface area contributed by atoms with E-state index >= 15 is 0 Å². The standard InChI is InChI=1S/C27H26N6O4/c1-5-13-37-25-19(7-6-8-22(25)36-4)20-14-23(34)30-26-24(20)16(2)32-33(26)27-29-21(15-28-31-27)17-9-11-18(35-3)12-10-17/h5-12,15,20H,1,13-14H2,2-4H3,(H,30,34). The van der Waals surface area contributed by atoms with Crippen LogP contribution in [-0.2, 0) is 4.79 Å². The summed E-state index contributed by atoms with van der Waals surface area (Å²) in [5, 5.41) is 16.0. The molecule has 10 heteroatoms. The molecule has 0 radical (unpaired) electrons. The van der Waals surface area contributed by atoms with Gasteiger partial charge in [-0.15, -0.1) is 5.10 Å². The lowest BCUT2D eigenvalue weighted by Gasteiger charge is -2.26. The largest absolute Gasteiger partial charge is 0.497 e. The van der Waals surface area contributed by atoms with E-state index in [0.29, 0.717) is 29.6 Å². The molecule has 5 rings (SSSR count). The number of benzene rings is 2. The molecule has 1 unspecified atom stereocenters. The first-order valence-corrected chi connectivity index (χ1v) is 11.7. The van der Waals surface area contributed by atoms with E-state index in [1.54, 1.807) is 26.5 Å². The predicted octanol–water partition coefficient (Wildman–Crippen LogP) is 4.09. The van der Waals surface area contributed by atoms with E-state index in [1.165, 1.54) is 4.68 Å². The molecule has 37 heavy (non-hydrogen) atoms. The fraction of sp³-hybridized carbons (Fsp3) is 0.222. The highest BCUT2D eigenvalue weighted by atomic mass is 16.5. The second-order valence-corrected chi connectivity index (χ2v) is 8.41. The number of carbonyl (C=O) groups excluding carboxylic acids is 1. The summed E-state index contributed by atoms with van der Waals surface area (Å²) >= 11 is 0. The molecular weight excluding hydrogens is 472 g/mol. The number of methoxy groups -OCH3 is 2. The summed E-state index contributed by atoms with van der Waals surface area (Å²) in [6, 6.07) is 13.1. The normalized spacial score (nSPS) is 14.5. The number of carbonyl (C=O) groups is 1. The van der Waals surface area contributed by atoms with Crippen LogP contribution in [0.15, 0.2) is 61.3 Å². The van der Waals surface area contributed by atoms with Crippen LogP contribution in [0, 0.1) is 6.92 Å². The van der Waals surface area contributed by atoms with Crippen LogP contribution < -0.4 is 19.5 Å². The Hall–Kier alpha value is -4.73. The molecule has 0 saturated heterocycles. The SMILES string of the molecule is C=CCOc1c(OC)cccc1C1CC(=O)Nc2c1c(C)nn2-c1nncc(-c2ccc(OC)cc2)n1. The molecule has 0 fully saturated rings. The van der Waals surface area contributed by atoms with Crippen LogP contribution in [0.3, 0.4) is 0 Å². The highest BCUT2D eigenvalue weighted by Crippen LogP contribution is 2.45. The van der Waals surface area contributed by atoms with Crippen molar-refractivity contribution in [3.63, 3.8) is 0 Å². The van der Waals surface area contributed by atoms with Gasteiger partial charge >= 0.3 is 0 Å². The lowest BCUT2D eigenvalue weighted by molar-refractivity contribution is -0.116. The van der Waals surface area contributed by atoms with Gasteiger partial charge in [-0.05, 0) is 37.3 Å². The smallest absolute Gasteiger partial charge is 0.272 e. The predicted molar refractivity (Wildman–Crippen MR) is 137 cm³/mol. The molecule has 1 N–H and O–H groups in total. The van der Waals surface area contributed by atoms with Crippen LogP contribution in [0.4, 0.5) is 5.82 Å². The number of fused-ring (bicyclic) bond motifs is 1. The van der Waals surface area contributed by atoms with E-state index in [2.05, 4.69) is 27.1 Å². The lowest BCUT2D eigenvalue weighted by atomic mass is 9.85. The second kappa shape index (κ2) is 10.1. The van der Waals surface area contributed by atoms with Gasteiger partial charge in [-0.2, -0.15) is 14.9 Å². The Balaban J connectivity index is 1.60. The third-order valence-corrected chi connectivity index (χ3v) is 6.18. The molecule has 1 amide bonds. The molecule has 0 spiro atoms. The third kappa shape index (κ3) is 4.49. The minimum Gasteiger partial charge on any atom is -0.497 e. The van der Waals surface area contributed by atoms with Crippen molar-refractivity contribution in [3.05, 3.63) is 78.1 Å². The van der Waals surface area contributed by atoms with Crippen molar-refractivity contribution in [2.75, 3.05) is 26.1 Å². The van der Waals surface area contributed by atoms with Gasteiger partial charge < -0.3 is 19.5 Å². The van der Waals surface area contributed by atoms with Gasteiger partial charge in [0.15, 0.2) is 11.5 Å². The highest BCUT2D eigenvalue weighted by molar-refractivity contribution is 5.95. The van der Waals surface area contributed by atoms with Gasteiger partial charge in [0.05, 0.1) is 31.8 Å². The lowest BCUT2D eigenvalue weighted by Crippen LogP contribution is -2.25. The number of rotatable bonds is 8. The quantitative estimate of drug-likeness (QED) is 0.362. The van der Waals surface area contributed by atoms with Gasteiger partial charge in [0.25, 0.3) is 5.95 Å². The summed E-state index contributed by atoms with van der Waals surface area (Å²) in [4.78, 5) is 17.6. The first kappa shape index (κ1) is 24.0. The highest BCUT2D eigenvalue weighted by Gasteiger charge is 2.35. The molecular formula is C27H26N6O4. The Kier molecular flexibility index (Phi) is 6.55. The molecule has 0 saturated carbocycles. The molecule has 3 heterocycles. The minimum atomic E-state index is -0.315. The zero-order valence-corrected chi connectivity index (χ0v) is 20.8. The molecule has 1 aliphatic rings. The first-order chi connectivity index (χ1) is 18.0. The molecule has 0 bridgehead atoms. The van der Waals surface area contributed by atoms with Crippen molar-refractivity contribution in [1.29, 1.82) is 0 Å². The van der Waals surface area contributed by atoms with E-state index in [0.717, 1.165) is 28.1 Å². The number of para-hydroxylation sites is 1. The van der Waals surface area contributed by atoms with Crippen LogP contribution in [0.2, 0.25) is 0 Å². The number of aryl methyl sites for hydroxylation is 1. The first-order valence-electron chi connectivity index (χ1n) is 11.7. The summed E-state index contributed by atoms with van der Waals surface area (Å²) < 4.78 is 18.3. The number of nitrogens with one attached hydrogen (secondary N) is 1. The summed E-state index contributed by atoms with van der Waals surface area (Å²) in [6.07, 6.45) is 3.47. The van der Waals surface area contributed by atoms with Crippen LogP contribution in [0.1, 0.15) is 29.2 Å². The molecule has 10 nitrogen and oxygen atoms in total. The number of hydrogen-bond acceptors (Lipinski definition) is 8. The van der Waals surface area contributed by atoms with Crippen molar-refractivity contribution < 1.29 is 19.0 Å². The van der Waals surface area contributed by atoms with Crippen LogP contribution in [-0.4, -0.2) is 51.7 Å². The fourth-order valence-electron chi connectivity index (χ4n) is 4.51. The molecule has 2 aromatic carbocycles. The van der Waals surface area contributed by atoms with Gasteiger partial charge in [-0.3, -0.25) is 4.79 Å². The summed E-state index contributed by atoms with van der Waals surface area (Å²) in [6.45, 7) is 5.94. The fourth-order valence-corrected chi connectivity index (χ4v) is 4.51. The average Bonchev–Trinajstić information content (AvgIpc) is 3.27.